The SMILES string of the molecule is C[C@@H](Cn1ccc(C(=O)N2CCN(C(=O)OC(C)(C)C)C[C@@H]2CC#N)c1)Nc1cnn(COCC[Si](C)(C)C)c(=O)c1C(F)(F)F. The van der Waals surface area contributed by atoms with Crippen LogP contribution in [0.25, 0.3) is 0 Å². The first-order valence-electron chi connectivity index (χ1n) is 15.1. The number of alkyl halides is 3. The number of aromatic nitrogens is 3. The van der Waals surface area contributed by atoms with E-state index in [9.17, 15) is 32.8 Å². The van der Waals surface area contributed by atoms with Crippen LogP contribution in [-0.2, 0) is 28.9 Å². The Morgan fingerprint density at radius 3 is 2.52 bits per heavy atom. The molecule has 3 heterocycles. The third-order valence-electron chi connectivity index (χ3n) is 7.14. The standard InChI is InChI=1S/C30H44F3N7O5Si/c1-21(36-24-16-35-40(20-44-14-15-46(5,6)7)27(42)25(24)30(31,32)33)17-37-11-9-22(18-37)26(41)39-13-12-38(19-23(39)8-10-34)28(43)45-29(2,3)4/h9,11,16,18,21,23,36H,8,12-15,17,19-20H2,1-7H3/t21-,23-/m0/s1. The van der Waals surface area contributed by atoms with Crippen LogP contribution < -0.4 is 10.9 Å². The van der Waals surface area contributed by atoms with Crippen molar-refractivity contribution >= 4 is 25.8 Å². The second kappa shape index (κ2) is 14.7. The minimum absolute atomic E-state index is 0.0195. The molecule has 1 aliphatic heterocycles. The summed E-state index contributed by atoms with van der Waals surface area (Å²) in [5.41, 5.74) is -3.47. The van der Waals surface area contributed by atoms with E-state index in [1.54, 1.807) is 55.6 Å². The second-order valence-corrected chi connectivity index (χ2v) is 19.3. The topological polar surface area (TPSA) is 135 Å². The van der Waals surface area contributed by atoms with E-state index in [1.807, 2.05) is 0 Å². The first kappa shape index (κ1) is 36.6. The lowest BCUT2D eigenvalue weighted by molar-refractivity contribution is -0.138. The fraction of sp³-hybridized carbons (Fsp3) is 0.633. The zero-order valence-electron chi connectivity index (χ0n) is 27.5. The number of halogens is 3. The summed E-state index contributed by atoms with van der Waals surface area (Å²) in [5, 5.41) is 16.0. The van der Waals surface area contributed by atoms with Crippen LogP contribution in [0.3, 0.4) is 0 Å². The number of amides is 2. The number of carbonyl (C=O) groups is 2. The van der Waals surface area contributed by atoms with Gasteiger partial charge in [-0.1, -0.05) is 19.6 Å². The first-order valence-corrected chi connectivity index (χ1v) is 18.8. The number of hydrogen-bond acceptors (Lipinski definition) is 8. The van der Waals surface area contributed by atoms with Crippen molar-refractivity contribution in [2.75, 3.05) is 31.6 Å². The van der Waals surface area contributed by atoms with Crippen LogP contribution >= 0.6 is 0 Å². The van der Waals surface area contributed by atoms with E-state index in [0.717, 1.165) is 12.2 Å². The highest BCUT2D eigenvalue weighted by molar-refractivity contribution is 6.76. The van der Waals surface area contributed by atoms with Gasteiger partial charge in [0, 0.05) is 59.3 Å². The first-order chi connectivity index (χ1) is 21.3. The van der Waals surface area contributed by atoms with Crippen molar-refractivity contribution < 1.29 is 32.2 Å². The Balaban J connectivity index is 1.67. The van der Waals surface area contributed by atoms with Crippen molar-refractivity contribution in [3.63, 3.8) is 0 Å². The van der Waals surface area contributed by atoms with Crippen molar-refractivity contribution in [3.05, 3.63) is 46.1 Å². The molecule has 0 spiro atoms. The minimum Gasteiger partial charge on any atom is -0.444 e. The van der Waals surface area contributed by atoms with Gasteiger partial charge in [0.25, 0.3) is 11.5 Å². The fourth-order valence-corrected chi connectivity index (χ4v) is 5.62. The Morgan fingerprint density at radius 2 is 1.91 bits per heavy atom. The van der Waals surface area contributed by atoms with E-state index < -0.39 is 54.8 Å². The van der Waals surface area contributed by atoms with Crippen molar-refractivity contribution in [2.24, 2.45) is 0 Å². The predicted octanol–water partition coefficient (Wildman–Crippen LogP) is 4.85. The molecular formula is C30H44F3N7O5Si. The quantitative estimate of drug-likeness (QED) is 0.266. The van der Waals surface area contributed by atoms with Crippen LogP contribution in [-0.4, -0.2) is 88.1 Å². The third kappa shape index (κ3) is 10.3. The van der Waals surface area contributed by atoms with E-state index >= 15 is 0 Å². The van der Waals surface area contributed by atoms with Crippen molar-refractivity contribution in [2.45, 2.75) is 96.9 Å². The molecule has 0 radical (unpaired) electrons. The molecule has 1 aliphatic rings. The van der Waals surface area contributed by atoms with E-state index in [1.165, 1.54) is 4.90 Å². The number of nitrogens with one attached hydrogen (secondary N) is 1. The number of carbonyl (C=O) groups excluding carboxylic acids is 2. The highest BCUT2D eigenvalue weighted by Crippen LogP contribution is 2.32. The van der Waals surface area contributed by atoms with E-state index in [4.69, 9.17) is 9.47 Å². The highest BCUT2D eigenvalue weighted by Gasteiger charge is 2.39. The van der Waals surface area contributed by atoms with E-state index in [-0.39, 0.29) is 45.2 Å². The summed E-state index contributed by atoms with van der Waals surface area (Å²) in [4.78, 5) is 41.8. The molecule has 2 aromatic rings. The van der Waals surface area contributed by atoms with Gasteiger partial charge in [-0.05, 0) is 39.8 Å². The lowest BCUT2D eigenvalue weighted by atomic mass is 10.1. The molecule has 46 heavy (non-hydrogen) atoms. The monoisotopic (exact) mass is 667 g/mol. The summed E-state index contributed by atoms with van der Waals surface area (Å²) in [5.74, 6) is -0.331. The van der Waals surface area contributed by atoms with Gasteiger partial charge >= 0.3 is 12.3 Å². The minimum atomic E-state index is -4.93. The van der Waals surface area contributed by atoms with Crippen LogP contribution in [0.1, 0.15) is 50.0 Å². The molecular weight excluding hydrogens is 623 g/mol. The molecule has 12 nitrogen and oxygen atoms in total. The average molecular weight is 668 g/mol. The lowest BCUT2D eigenvalue weighted by Crippen LogP contribution is -2.57. The van der Waals surface area contributed by atoms with Gasteiger partial charge in [-0.25, -0.2) is 9.48 Å². The summed E-state index contributed by atoms with van der Waals surface area (Å²) < 4.78 is 55.2. The second-order valence-electron chi connectivity index (χ2n) is 13.7. The number of anilines is 1. The number of rotatable bonds is 11. The highest BCUT2D eigenvalue weighted by atomic mass is 28.3. The number of hydrogen-bond donors (Lipinski definition) is 1. The molecule has 16 heteroatoms. The normalized spacial score (nSPS) is 16.6. The molecule has 1 saturated heterocycles. The fourth-order valence-electron chi connectivity index (χ4n) is 4.86. The predicted molar refractivity (Wildman–Crippen MR) is 168 cm³/mol. The summed E-state index contributed by atoms with van der Waals surface area (Å²) in [7, 11) is -1.42. The maximum Gasteiger partial charge on any atom is 0.423 e. The van der Waals surface area contributed by atoms with E-state index in [0.29, 0.717) is 16.9 Å². The maximum absolute atomic E-state index is 14.0. The number of nitriles is 1. The Kier molecular flexibility index (Phi) is 11.7. The molecule has 0 saturated carbocycles. The molecule has 0 aromatic carbocycles. The smallest absolute Gasteiger partial charge is 0.423 e. The Bertz CT molecular complexity index is 1470. The largest absolute Gasteiger partial charge is 0.444 e. The van der Waals surface area contributed by atoms with Crippen molar-refractivity contribution in [1.29, 1.82) is 5.26 Å². The zero-order valence-corrected chi connectivity index (χ0v) is 28.5. The third-order valence-corrected chi connectivity index (χ3v) is 8.85. The van der Waals surface area contributed by atoms with Gasteiger partial charge in [0.2, 0.25) is 0 Å². The van der Waals surface area contributed by atoms with Crippen LogP contribution in [0.4, 0.5) is 23.7 Å². The van der Waals surface area contributed by atoms with Crippen LogP contribution in [0.15, 0.2) is 29.5 Å². The lowest BCUT2D eigenvalue weighted by Gasteiger charge is -2.40. The Labute approximate surface area is 268 Å². The van der Waals surface area contributed by atoms with Gasteiger partial charge in [0.1, 0.15) is 17.9 Å². The van der Waals surface area contributed by atoms with Crippen molar-refractivity contribution in [1.82, 2.24) is 24.1 Å². The summed E-state index contributed by atoms with van der Waals surface area (Å²) in [6.45, 7) is 14.0. The molecule has 3 rings (SSSR count). The molecule has 0 unspecified atom stereocenters. The molecule has 2 amide bonds. The maximum atomic E-state index is 14.0. The zero-order chi connectivity index (χ0) is 34.4. The summed E-state index contributed by atoms with van der Waals surface area (Å²) >= 11 is 0. The van der Waals surface area contributed by atoms with Gasteiger partial charge in [0.15, 0.2) is 0 Å². The molecule has 0 bridgehead atoms. The molecule has 2 aromatic heterocycles. The van der Waals surface area contributed by atoms with Gasteiger partial charge in [0.05, 0.1) is 36.0 Å². The molecule has 1 N–H and O–H groups in total. The Morgan fingerprint density at radius 1 is 1.22 bits per heavy atom. The summed E-state index contributed by atoms with van der Waals surface area (Å²) in [6.07, 6.45) is -1.25. The van der Waals surface area contributed by atoms with Crippen LogP contribution in [0, 0.1) is 11.3 Å². The molecule has 0 aliphatic carbocycles. The number of piperazine rings is 1. The molecule has 254 valence electrons. The average Bonchev–Trinajstić information content (AvgIpc) is 3.38. The van der Waals surface area contributed by atoms with Gasteiger partial charge < -0.3 is 29.2 Å². The van der Waals surface area contributed by atoms with E-state index in [2.05, 4.69) is 36.1 Å². The number of ether oxygens (including phenoxy) is 2. The Hall–Kier alpha value is -3.84. The number of nitrogens with zero attached hydrogens (tertiary/aromatic N) is 6. The van der Waals surface area contributed by atoms with Crippen LogP contribution in [0.5, 0.6) is 0 Å². The van der Waals surface area contributed by atoms with Crippen LogP contribution in [0.2, 0.25) is 25.7 Å². The van der Waals surface area contributed by atoms with Gasteiger partial charge in [-0.15, -0.1) is 0 Å². The molecule has 2 atom stereocenters. The van der Waals surface area contributed by atoms with Crippen molar-refractivity contribution in [3.8, 4) is 6.07 Å². The summed E-state index contributed by atoms with van der Waals surface area (Å²) in [6, 6.07) is 3.33. The van der Waals surface area contributed by atoms with Gasteiger partial charge in [-0.3, -0.25) is 9.59 Å². The van der Waals surface area contributed by atoms with Gasteiger partial charge in [-0.2, -0.15) is 23.5 Å². The molecule has 1 fully saturated rings.